The van der Waals surface area contributed by atoms with Crippen molar-refractivity contribution in [2.24, 2.45) is 0 Å². The van der Waals surface area contributed by atoms with Crippen molar-refractivity contribution in [2.75, 3.05) is 13.1 Å². The molecule has 24 heavy (non-hydrogen) atoms. The van der Waals surface area contributed by atoms with Gasteiger partial charge >= 0.3 is 0 Å². The maximum Gasteiger partial charge on any atom is 0.263 e. The summed E-state index contributed by atoms with van der Waals surface area (Å²) < 4.78 is 27.4. The first-order valence-corrected chi connectivity index (χ1v) is 9.72. The van der Waals surface area contributed by atoms with E-state index in [-0.39, 0.29) is 16.3 Å². The zero-order valence-electron chi connectivity index (χ0n) is 12.9. The van der Waals surface area contributed by atoms with Crippen molar-refractivity contribution in [3.63, 3.8) is 0 Å². The van der Waals surface area contributed by atoms with Gasteiger partial charge in [0.2, 0.25) is 10.0 Å². The van der Waals surface area contributed by atoms with Gasteiger partial charge in [-0.2, -0.15) is 4.31 Å². The van der Waals surface area contributed by atoms with Gasteiger partial charge in [0.1, 0.15) is 9.77 Å². The molecule has 0 atom stereocenters. The molecule has 2 aromatic rings. The fourth-order valence-corrected chi connectivity index (χ4v) is 5.43. The van der Waals surface area contributed by atoms with E-state index in [0.29, 0.717) is 19.5 Å². The molecule has 1 N–H and O–H groups in total. The SMILES string of the molecule is C#CCNC(=O)c1sccc1S(=O)(=O)N1CCc2ccccc2C1. The summed E-state index contributed by atoms with van der Waals surface area (Å²) in [5, 5.41) is 4.12. The zero-order chi connectivity index (χ0) is 17.2. The highest BCUT2D eigenvalue weighted by Gasteiger charge is 2.32. The fraction of sp³-hybridized carbons (Fsp3) is 0.235. The number of hydrogen-bond donors (Lipinski definition) is 1. The standard InChI is InChI=1S/C17H16N2O3S2/c1-2-9-18-17(20)16-15(8-11-23-16)24(21,22)19-10-7-13-5-3-4-6-14(13)12-19/h1,3-6,8,11H,7,9-10,12H2,(H,18,20). The van der Waals surface area contributed by atoms with Crippen LogP contribution in [0, 0.1) is 12.3 Å². The number of fused-ring (bicyclic) bond motifs is 1. The number of rotatable bonds is 4. The summed E-state index contributed by atoms with van der Waals surface area (Å²) in [5.74, 6) is 1.85. The highest BCUT2D eigenvalue weighted by Crippen LogP contribution is 2.29. The van der Waals surface area contributed by atoms with Crippen molar-refractivity contribution >= 4 is 27.3 Å². The molecule has 1 aliphatic heterocycles. The number of benzene rings is 1. The van der Waals surface area contributed by atoms with E-state index in [9.17, 15) is 13.2 Å². The van der Waals surface area contributed by atoms with E-state index < -0.39 is 15.9 Å². The topological polar surface area (TPSA) is 66.5 Å². The van der Waals surface area contributed by atoms with E-state index in [1.165, 1.54) is 15.9 Å². The number of nitrogens with one attached hydrogen (secondary N) is 1. The lowest BCUT2D eigenvalue weighted by molar-refractivity contribution is 0.0959. The van der Waals surface area contributed by atoms with Crippen molar-refractivity contribution in [1.82, 2.24) is 9.62 Å². The minimum atomic E-state index is -3.73. The first-order valence-electron chi connectivity index (χ1n) is 7.40. The second kappa shape index (κ2) is 6.77. The largest absolute Gasteiger partial charge is 0.340 e. The van der Waals surface area contributed by atoms with E-state index in [2.05, 4.69) is 11.2 Å². The van der Waals surface area contributed by atoms with E-state index in [0.717, 1.165) is 16.9 Å². The van der Waals surface area contributed by atoms with Gasteiger partial charge in [-0.05, 0) is 29.0 Å². The van der Waals surface area contributed by atoms with Gasteiger partial charge in [-0.15, -0.1) is 17.8 Å². The summed E-state index contributed by atoms with van der Waals surface area (Å²) in [6.45, 7) is 0.785. The Kier molecular flexibility index (Phi) is 4.71. The van der Waals surface area contributed by atoms with Crippen LogP contribution in [0.15, 0.2) is 40.6 Å². The van der Waals surface area contributed by atoms with Gasteiger partial charge in [0.15, 0.2) is 0 Å². The molecule has 5 nitrogen and oxygen atoms in total. The molecule has 0 spiro atoms. The number of terminal acetylenes is 1. The number of carbonyl (C=O) groups is 1. The van der Waals surface area contributed by atoms with Crippen LogP contribution in [0.2, 0.25) is 0 Å². The summed E-state index contributed by atoms with van der Waals surface area (Å²) in [6.07, 6.45) is 5.79. The molecule has 1 amide bonds. The van der Waals surface area contributed by atoms with Crippen LogP contribution in [-0.2, 0) is 23.0 Å². The number of carbonyl (C=O) groups excluding carboxylic acids is 1. The van der Waals surface area contributed by atoms with Crippen LogP contribution in [0.4, 0.5) is 0 Å². The lowest BCUT2D eigenvalue weighted by Gasteiger charge is -2.28. The third kappa shape index (κ3) is 3.08. The van der Waals surface area contributed by atoms with Crippen molar-refractivity contribution in [3.05, 3.63) is 51.7 Å². The molecule has 124 valence electrons. The van der Waals surface area contributed by atoms with Crippen LogP contribution < -0.4 is 5.32 Å². The van der Waals surface area contributed by atoms with Crippen LogP contribution in [0.3, 0.4) is 0 Å². The summed E-state index contributed by atoms with van der Waals surface area (Å²) in [7, 11) is -3.73. The van der Waals surface area contributed by atoms with E-state index in [4.69, 9.17) is 6.42 Å². The van der Waals surface area contributed by atoms with Crippen molar-refractivity contribution in [2.45, 2.75) is 17.9 Å². The van der Waals surface area contributed by atoms with Gasteiger partial charge in [0, 0.05) is 13.1 Å². The average Bonchev–Trinajstić information content (AvgIpc) is 3.10. The maximum absolute atomic E-state index is 13.0. The second-order valence-electron chi connectivity index (χ2n) is 5.36. The Hall–Kier alpha value is -2.14. The maximum atomic E-state index is 13.0. The summed E-state index contributed by atoms with van der Waals surface area (Å²) in [6, 6.07) is 9.28. The highest BCUT2D eigenvalue weighted by molar-refractivity contribution is 7.89. The van der Waals surface area contributed by atoms with Crippen LogP contribution in [0.1, 0.15) is 20.8 Å². The van der Waals surface area contributed by atoms with Gasteiger partial charge in [0.05, 0.1) is 6.54 Å². The number of nitrogens with zero attached hydrogens (tertiary/aromatic N) is 1. The van der Waals surface area contributed by atoms with Crippen LogP contribution >= 0.6 is 11.3 Å². The predicted molar refractivity (Wildman–Crippen MR) is 93.2 cm³/mol. The Labute approximate surface area is 145 Å². The molecule has 0 saturated carbocycles. The normalized spacial score (nSPS) is 14.6. The molecule has 1 aromatic heterocycles. The lowest BCUT2D eigenvalue weighted by atomic mass is 10.0. The van der Waals surface area contributed by atoms with E-state index in [1.54, 1.807) is 5.38 Å². The molecule has 0 unspecified atom stereocenters. The first kappa shape index (κ1) is 16.7. The van der Waals surface area contributed by atoms with E-state index >= 15 is 0 Å². The third-order valence-electron chi connectivity index (χ3n) is 3.90. The average molecular weight is 360 g/mol. The fourth-order valence-electron chi connectivity index (χ4n) is 2.69. The molecule has 0 fully saturated rings. The molecule has 0 aliphatic carbocycles. The van der Waals surface area contributed by atoms with Gasteiger partial charge in [0.25, 0.3) is 5.91 Å². The van der Waals surface area contributed by atoms with Gasteiger partial charge in [-0.25, -0.2) is 8.42 Å². The number of amides is 1. The third-order valence-corrected chi connectivity index (χ3v) is 6.83. The molecule has 2 heterocycles. The molecular formula is C17H16N2O3S2. The molecule has 0 saturated heterocycles. The highest BCUT2D eigenvalue weighted by atomic mass is 32.2. The molecule has 1 aliphatic rings. The van der Waals surface area contributed by atoms with Gasteiger partial charge in [-0.1, -0.05) is 30.2 Å². The second-order valence-corrected chi connectivity index (χ2v) is 8.18. The molecule has 0 radical (unpaired) electrons. The van der Waals surface area contributed by atoms with E-state index in [1.807, 2.05) is 24.3 Å². The molecule has 1 aromatic carbocycles. The number of hydrogen-bond acceptors (Lipinski definition) is 4. The zero-order valence-corrected chi connectivity index (χ0v) is 14.5. The molecular weight excluding hydrogens is 344 g/mol. The quantitative estimate of drug-likeness (QED) is 0.847. The Morgan fingerprint density at radius 3 is 2.79 bits per heavy atom. The summed E-state index contributed by atoms with van der Waals surface area (Å²) in [5.41, 5.74) is 2.17. The monoisotopic (exact) mass is 360 g/mol. The summed E-state index contributed by atoms with van der Waals surface area (Å²) in [4.78, 5) is 12.3. The minimum absolute atomic E-state index is 0.0430. The van der Waals surface area contributed by atoms with Crippen molar-refractivity contribution in [1.29, 1.82) is 0 Å². The van der Waals surface area contributed by atoms with Crippen LogP contribution in [-0.4, -0.2) is 31.7 Å². The number of sulfonamides is 1. The van der Waals surface area contributed by atoms with Crippen LogP contribution in [0.5, 0.6) is 0 Å². The number of thiophene rings is 1. The predicted octanol–water partition coefficient (Wildman–Crippen LogP) is 1.86. The Balaban J connectivity index is 1.89. The van der Waals surface area contributed by atoms with Gasteiger partial charge < -0.3 is 5.32 Å². The Morgan fingerprint density at radius 1 is 1.29 bits per heavy atom. The Morgan fingerprint density at radius 2 is 2.04 bits per heavy atom. The molecule has 0 bridgehead atoms. The molecule has 7 heteroatoms. The summed E-state index contributed by atoms with van der Waals surface area (Å²) >= 11 is 1.10. The lowest BCUT2D eigenvalue weighted by Crippen LogP contribution is -2.36. The van der Waals surface area contributed by atoms with Gasteiger partial charge in [-0.3, -0.25) is 4.79 Å². The first-order chi connectivity index (χ1) is 11.5. The van der Waals surface area contributed by atoms with Crippen molar-refractivity contribution in [3.8, 4) is 12.3 Å². The van der Waals surface area contributed by atoms with Crippen molar-refractivity contribution < 1.29 is 13.2 Å². The molecule has 3 rings (SSSR count). The minimum Gasteiger partial charge on any atom is -0.340 e. The van der Waals surface area contributed by atoms with Crippen LogP contribution in [0.25, 0.3) is 0 Å². The Bertz CT molecular complexity index is 910. The smallest absolute Gasteiger partial charge is 0.263 e.